The van der Waals surface area contributed by atoms with Gasteiger partial charge >= 0.3 is 0 Å². The number of rotatable bonds is 7. The average Bonchev–Trinajstić information content (AvgIpc) is 1.95. The van der Waals surface area contributed by atoms with E-state index in [2.05, 4.69) is 10.1 Å². The molecular formula is C7H19N3O2S. The van der Waals surface area contributed by atoms with Crippen LogP contribution >= 0.6 is 0 Å². The third-order valence-corrected chi connectivity index (χ3v) is 2.68. The van der Waals surface area contributed by atoms with Crippen LogP contribution in [0.2, 0.25) is 0 Å². The molecule has 0 aliphatic rings. The molecule has 0 aliphatic heterocycles. The molecule has 13 heavy (non-hydrogen) atoms. The summed E-state index contributed by atoms with van der Waals surface area (Å²) in [6, 6.07) is 0. The van der Waals surface area contributed by atoms with Crippen LogP contribution in [-0.2, 0) is 10.0 Å². The fourth-order valence-electron chi connectivity index (χ4n) is 0.832. The van der Waals surface area contributed by atoms with Crippen LogP contribution in [0.25, 0.3) is 0 Å². The zero-order chi connectivity index (χ0) is 10.3. The van der Waals surface area contributed by atoms with E-state index in [1.807, 2.05) is 6.92 Å². The van der Waals surface area contributed by atoms with Crippen molar-refractivity contribution in [2.75, 3.05) is 32.9 Å². The number of hydrogen-bond acceptors (Lipinski definition) is 4. The van der Waals surface area contributed by atoms with Gasteiger partial charge in [-0.1, -0.05) is 6.92 Å². The Balaban J connectivity index is 3.64. The van der Waals surface area contributed by atoms with Crippen molar-refractivity contribution in [1.82, 2.24) is 15.2 Å². The van der Waals surface area contributed by atoms with Crippen LogP contribution < -0.4 is 10.1 Å². The second-order valence-corrected chi connectivity index (χ2v) is 4.87. The molecule has 0 aromatic rings. The minimum Gasteiger partial charge on any atom is -0.316 e. The summed E-state index contributed by atoms with van der Waals surface area (Å²) in [7, 11) is 0.152. The molecular weight excluding hydrogens is 190 g/mol. The van der Waals surface area contributed by atoms with E-state index in [9.17, 15) is 8.42 Å². The van der Waals surface area contributed by atoms with Gasteiger partial charge in [-0.2, -0.15) is 0 Å². The van der Waals surface area contributed by atoms with Gasteiger partial charge in [-0.05, 0) is 13.0 Å². The summed E-state index contributed by atoms with van der Waals surface area (Å²) >= 11 is 0. The molecule has 0 rings (SSSR count). The Morgan fingerprint density at radius 1 is 1.23 bits per heavy atom. The van der Waals surface area contributed by atoms with Crippen LogP contribution in [0, 0.1) is 0 Å². The first-order valence-corrected chi connectivity index (χ1v) is 6.01. The first-order valence-electron chi connectivity index (χ1n) is 4.36. The van der Waals surface area contributed by atoms with Gasteiger partial charge in [-0.25, -0.2) is 13.4 Å². The topological polar surface area (TPSA) is 61.4 Å². The molecule has 0 aromatic carbocycles. The Bertz CT molecular complexity index is 214. The summed E-state index contributed by atoms with van der Waals surface area (Å²) < 4.78 is 22.4. The molecule has 0 aromatic heterocycles. The SMILES string of the molecule is CCCNCCS(=O)(=O)NN(C)C. The fourth-order valence-corrected chi connectivity index (χ4v) is 1.89. The first-order chi connectivity index (χ1) is 5.98. The highest BCUT2D eigenvalue weighted by atomic mass is 32.2. The van der Waals surface area contributed by atoms with E-state index in [1.165, 1.54) is 5.01 Å². The van der Waals surface area contributed by atoms with E-state index in [0.29, 0.717) is 6.54 Å². The van der Waals surface area contributed by atoms with Crippen LogP contribution in [-0.4, -0.2) is 46.4 Å². The second-order valence-electron chi connectivity index (χ2n) is 3.05. The third-order valence-electron chi connectivity index (χ3n) is 1.30. The average molecular weight is 209 g/mol. The summed E-state index contributed by atoms with van der Waals surface area (Å²) in [6.07, 6.45) is 1.02. The Morgan fingerprint density at radius 3 is 2.31 bits per heavy atom. The third kappa shape index (κ3) is 8.17. The molecule has 6 heteroatoms. The second kappa shape index (κ2) is 6.31. The quantitative estimate of drug-likeness (QED) is 0.433. The standard InChI is InChI=1S/C7H19N3O2S/c1-4-5-8-6-7-13(11,12)9-10(2)3/h8-9H,4-7H2,1-3H3. The smallest absolute Gasteiger partial charge is 0.225 e. The summed E-state index contributed by atoms with van der Waals surface area (Å²) in [6.45, 7) is 3.40. The van der Waals surface area contributed by atoms with Crippen molar-refractivity contribution in [2.24, 2.45) is 0 Å². The fraction of sp³-hybridized carbons (Fsp3) is 1.00. The molecule has 80 valence electrons. The van der Waals surface area contributed by atoms with Gasteiger partial charge in [-0.15, -0.1) is 4.83 Å². The molecule has 0 spiro atoms. The molecule has 0 heterocycles. The van der Waals surface area contributed by atoms with Gasteiger partial charge < -0.3 is 5.32 Å². The molecule has 0 bridgehead atoms. The van der Waals surface area contributed by atoms with Gasteiger partial charge in [0, 0.05) is 20.6 Å². The van der Waals surface area contributed by atoms with Gasteiger partial charge in [0.05, 0.1) is 5.75 Å². The molecule has 0 amide bonds. The lowest BCUT2D eigenvalue weighted by Crippen LogP contribution is -2.40. The van der Waals surface area contributed by atoms with E-state index in [1.54, 1.807) is 14.1 Å². The Hall–Kier alpha value is -0.170. The monoisotopic (exact) mass is 209 g/mol. The van der Waals surface area contributed by atoms with Crippen molar-refractivity contribution in [3.05, 3.63) is 0 Å². The lowest BCUT2D eigenvalue weighted by molar-refractivity contribution is 0.363. The molecule has 5 nitrogen and oxygen atoms in total. The van der Waals surface area contributed by atoms with E-state index >= 15 is 0 Å². The van der Waals surface area contributed by atoms with E-state index < -0.39 is 10.0 Å². The van der Waals surface area contributed by atoms with E-state index in [-0.39, 0.29) is 5.75 Å². The summed E-state index contributed by atoms with van der Waals surface area (Å²) in [5, 5.41) is 4.45. The Morgan fingerprint density at radius 2 is 1.85 bits per heavy atom. The van der Waals surface area contributed by atoms with E-state index in [4.69, 9.17) is 0 Å². The van der Waals surface area contributed by atoms with Crippen molar-refractivity contribution in [3.8, 4) is 0 Å². The Labute approximate surface area is 80.5 Å². The minimum atomic E-state index is -3.15. The van der Waals surface area contributed by atoms with Crippen molar-refractivity contribution in [3.63, 3.8) is 0 Å². The lowest BCUT2D eigenvalue weighted by Gasteiger charge is -2.12. The number of hydrogen-bond donors (Lipinski definition) is 2. The molecule has 0 fully saturated rings. The molecule has 0 radical (unpaired) electrons. The van der Waals surface area contributed by atoms with Crippen LogP contribution in [0.15, 0.2) is 0 Å². The molecule has 0 aliphatic carbocycles. The predicted octanol–water partition coefficient (Wildman–Crippen LogP) is -0.618. The van der Waals surface area contributed by atoms with Crippen LogP contribution in [0.5, 0.6) is 0 Å². The Kier molecular flexibility index (Phi) is 6.23. The van der Waals surface area contributed by atoms with Crippen molar-refractivity contribution >= 4 is 10.0 Å². The van der Waals surface area contributed by atoms with Crippen LogP contribution in [0.3, 0.4) is 0 Å². The van der Waals surface area contributed by atoms with Gasteiger partial charge in [-0.3, -0.25) is 0 Å². The number of nitrogens with zero attached hydrogens (tertiary/aromatic N) is 1. The molecule has 0 unspecified atom stereocenters. The molecule has 0 atom stereocenters. The zero-order valence-electron chi connectivity index (χ0n) is 8.50. The number of sulfonamides is 1. The molecule has 0 saturated carbocycles. The summed E-state index contributed by atoms with van der Waals surface area (Å²) in [5.74, 6) is 0.116. The summed E-state index contributed by atoms with van der Waals surface area (Å²) in [5.41, 5.74) is 0. The van der Waals surface area contributed by atoms with Gasteiger partial charge in [0.25, 0.3) is 0 Å². The number of nitrogens with one attached hydrogen (secondary N) is 2. The van der Waals surface area contributed by atoms with Crippen molar-refractivity contribution in [2.45, 2.75) is 13.3 Å². The highest BCUT2D eigenvalue weighted by molar-refractivity contribution is 7.89. The van der Waals surface area contributed by atoms with Crippen LogP contribution in [0.1, 0.15) is 13.3 Å². The minimum absolute atomic E-state index is 0.116. The zero-order valence-corrected chi connectivity index (χ0v) is 9.32. The van der Waals surface area contributed by atoms with Gasteiger partial charge in [0.2, 0.25) is 10.0 Å². The lowest BCUT2D eigenvalue weighted by atomic mass is 10.5. The highest BCUT2D eigenvalue weighted by Gasteiger charge is 2.09. The van der Waals surface area contributed by atoms with E-state index in [0.717, 1.165) is 13.0 Å². The maximum absolute atomic E-state index is 11.2. The first kappa shape index (κ1) is 12.8. The largest absolute Gasteiger partial charge is 0.316 e. The predicted molar refractivity (Wildman–Crippen MR) is 53.8 cm³/mol. The summed E-state index contributed by atoms with van der Waals surface area (Å²) in [4.78, 5) is 2.36. The van der Waals surface area contributed by atoms with Crippen LogP contribution in [0.4, 0.5) is 0 Å². The van der Waals surface area contributed by atoms with Crippen molar-refractivity contribution < 1.29 is 8.42 Å². The van der Waals surface area contributed by atoms with Gasteiger partial charge in [0.1, 0.15) is 0 Å². The molecule has 2 N–H and O–H groups in total. The highest BCUT2D eigenvalue weighted by Crippen LogP contribution is 1.83. The van der Waals surface area contributed by atoms with Crippen molar-refractivity contribution in [1.29, 1.82) is 0 Å². The number of hydrazine groups is 1. The normalized spacial score (nSPS) is 12.3. The maximum Gasteiger partial charge on any atom is 0.225 e. The van der Waals surface area contributed by atoms with Gasteiger partial charge in [0.15, 0.2) is 0 Å². The molecule has 0 saturated heterocycles. The maximum atomic E-state index is 11.2.